The van der Waals surface area contributed by atoms with Crippen molar-refractivity contribution in [2.75, 3.05) is 4.90 Å². The highest BCUT2D eigenvalue weighted by Crippen LogP contribution is 2.41. The minimum Gasteiger partial charge on any atom is -0.458 e. The number of aromatic nitrogens is 4. The van der Waals surface area contributed by atoms with Gasteiger partial charge in [0.15, 0.2) is 0 Å². The first kappa shape index (κ1) is 40.5. The molecule has 3 aromatic heterocycles. The van der Waals surface area contributed by atoms with E-state index in [0.29, 0.717) is 0 Å². The number of ether oxygens (including phenoxy) is 1. The highest BCUT2D eigenvalue weighted by molar-refractivity contribution is 7.02. The van der Waals surface area contributed by atoms with Crippen molar-refractivity contribution >= 4 is 68.3 Å². The number of rotatable bonds is 8. The Labute approximate surface area is 401 Å². The van der Waals surface area contributed by atoms with Crippen molar-refractivity contribution in [3.05, 3.63) is 243 Å². The first-order chi connectivity index (χ1) is 34.0. The summed E-state index contributed by atoms with van der Waals surface area (Å²) in [6, 6.07) is 81.7. The van der Waals surface area contributed by atoms with E-state index in [2.05, 4.69) is 262 Å². The third-order valence-electron chi connectivity index (χ3n) is 13.8. The third kappa shape index (κ3) is 6.69. The minimum absolute atomic E-state index is 0.718. The van der Waals surface area contributed by atoms with Crippen LogP contribution in [0.3, 0.4) is 0 Å². The molecule has 0 spiro atoms. The van der Waals surface area contributed by atoms with E-state index >= 15 is 0 Å². The molecule has 7 heteroatoms. The summed E-state index contributed by atoms with van der Waals surface area (Å²) in [4.78, 5) is 7.48. The minimum atomic E-state index is -1.94. The maximum Gasteiger partial charge on any atom is 0.269 e. The van der Waals surface area contributed by atoms with Gasteiger partial charge >= 0.3 is 0 Å². The Bertz CT molecular complexity index is 3820. The standard InChI is InChI=1S/C62H45N5OSi/c1-69(2)59-33-15-13-31-56(59)66(57-32-14-16-34-60(57)69)46-37-38-63-61(40-46)67-53-28-10-9-25-51(53)52-36-35-48(41-58(52)67)68-47-24-17-23-45(39-47)64-42-65(55-30-12-11-29-54(55)64)62-49(43-19-5-3-6-20-43)26-18-27-50(62)44-21-7-4-8-22-44/h3-41H,1-2H3. The summed E-state index contributed by atoms with van der Waals surface area (Å²) in [6.45, 7) is 4.91. The second kappa shape index (κ2) is 16.2. The van der Waals surface area contributed by atoms with Gasteiger partial charge in [0, 0.05) is 40.5 Å². The van der Waals surface area contributed by atoms with Gasteiger partial charge in [0.2, 0.25) is 0 Å². The van der Waals surface area contributed by atoms with E-state index in [1.54, 1.807) is 0 Å². The first-order valence-corrected chi connectivity index (χ1v) is 26.5. The number of para-hydroxylation sites is 6. The number of hydrogen-bond donors (Lipinski definition) is 0. The lowest BCUT2D eigenvalue weighted by Gasteiger charge is -2.41. The molecule has 0 saturated heterocycles. The monoisotopic (exact) mass is 903 g/mol. The van der Waals surface area contributed by atoms with Crippen molar-refractivity contribution < 1.29 is 9.30 Å². The average molecular weight is 904 g/mol. The van der Waals surface area contributed by atoms with Crippen LogP contribution >= 0.6 is 0 Å². The molecule has 6 nitrogen and oxygen atoms in total. The van der Waals surface area contributed by atoms with E-state index in [4.69, 9.17) is 9.72 Å². The largest absolute Gasteiger partial charge is 0.458 e. The molecule has 12 aromatic rings. The normalized spacial score (nSPS) is 12.9. The molecule has 0 N–H and O–H groups in total. The van der Waals surface area contributed by atoms with Gasteiger partial charge in [-0.25, -0.2) is 4.98 Å². The zero-order valence-corrected chi connectivity index (χ0v) is 39.2. The van der Waals surface area contributed by atoms with E-state index < -0.39 is 8.07 Å². The summed E-state index contributed by atoms with van der Waals surface area (Å²) in [5, 5.41) is 5.14. The lowest BCUT2D eigenvalue weighted by Crippen LogP contribution is -2.58. The molecule has 0 fully saturated rings. The molecule has 9 aromatic carbocycles. The van der Waals surface area contributed by atoms with Gasteiger partial charge in [-0.3, -0.25) is 13.7 Å². The molecule has 4 heterocycles. The molecule has 1 aliphatic heterocycles. The van der Waals surface area contributed by atoms with E-state index in [1.165, 1.54) is 21.7 Å². The summed E-state index contributed by atoms with van der Waals surface area (Å²) in [5.41, 5.74) is 14.2. The highest BCUT2D eigenvalue weighted by atomic mass is 28.3. The van der Waals surface area contributed by atoms with Gasteiger partial charge < -0.3 is 9.64 Å². The van der Waals surface area contributed by atoms with Gasteiger partial charge in [-0.2, -0.15) is 0 Å². The lowest BCUT2D eigenvalue weighted by molar-refractivity contribution is -0.571. The molecule has 0 unspecified atom stereocenters. The van der Waals surface area contributed by atoms with Crippen molar-refractivity contribution in [1.82, 2.24) is 14.1 Å². The lowest BCUT2D eigenvalue weighted by atomic mass is 9.95. The molecule has 0 bridgehead atoms. The predicted octanol–water partition coefficient (Wildman–Crippen LogP) is 13.9. The van der Waals surface area contributed by atoms with Crippen molar-refractivity contribution in [1.29, 1.82) is 0 Å². The number of imidazole rings is 1. The molecule has 1 aliphatic rings. The van der Waals surface area contributed by atoms with E-state index in [9.17, 15) is 0 Å². The van der Waals surface area contributed by atoms with Crippen LogP contribution in [0.4, 0.5) is 17.1 Å². The van der Waals surface area contributed by atoms with Crippen molar-refractivity contribution in [3.8, 4) is 50.9 Å². The molecule has 13 rings (SSSR count). The fourth-order valence-corrected chi connectivity index (χ4v) is 13.6. The van der Waals surface area contributed by atoms with Crippen LogP contribution in [0.2, 0.25) is 13.1 Å². The second-order valence-electron chi connectivity index (χ2n) is 18.2. The van der Waals surface area contributed by atoms with Crippen LogP contribution in [-0.2, 0) is 0 Å². The summed E-state index contributed by atoms with van der Waals surface area (Å²) >= 11 is 0. The van der Waals surface area contributed by atoms with Crippen molar-refractivity contribution in [2.45, 2.75) is 13.1 Å². The number of anilines is 3. The van der Waals surface area contributed by atoms with E-state index in [1.807, 2.05) is 12.3 Å². The first-order valence-electron chi connectivity index (χ1n) is 23.5. The summed E-state index contributed by atoms with van der Waals surface area (Å²) in [6.07, 6.45) is 5.75. The fourth-order valence-electron chi connectivity index (χ4n) is 10.6. The Morgan fingerprint density at radius 3 is 1.80 bits per heavy atom. The maximum absolute atomic E-state index is 6.84. The maximum atomic E-state index is 6.84. The summed E-state index contributed by atoms with van der Waals surface area (Å²) in [7, 11) is -1.94. The molecule has 328 valence electrons. The zero-order valence-electron chi connectivity index (χ0n) is 38.2. The van der Waals surface area contributed by atoms with Crippen LogP contribution < -0.4 is 24.6 Å². The van der Waals surface area contributed by atoms with E-state index in [0.717, 1.165) is 89.5 Å². The van der Waals surface area contributed by atoms with E-state index in [-0.39, 0.29) is 0 Å². The Hall–Kier alpha value is -8.78. The zero-order chi connectivity index (χ0) is 46.1. The van der Waals surface area contributed by atoms with Crippen LogP contribution in [0, 0.1) is 6.33 Å². The number of fused-ring (bicyclic) bond motifs is 6. The Morgan fingerprint density at radius 2 is 1.07 bits per heavy atom. The third-order valence-corrected chi connectivity index (χ3v) is 17.3. The molecule has 0 radical (unpaired) electrons. The average Bonchev–Trinajstić information content (AvgIpc) is 3.95. The molecular weight excluding hydrogens is 859 g/mol. The van der Waals surface area contributed by atoms with Gasteiger partial charge in [0.05, 0.1) is 39.1 Å². The van der Waals surface area contributed by atoms with Crippen molar-refractivity contribution in [3.63, 3.8) is 0 Å². The Kier molecular flexibility index (Phi) is 9.52. The van der Waals surface area contributed by atoms with Crippen molar-refractivity contribution in [2.24, 2.45) is 0 Å². The van der Waals surface area contributed by atoms with Crippen LogP contribution in [-0.4, -0.2) is 22.2 Å². The number of hydrogen-bond acceptors (Lipinski definition) is 3. The van der Waals surface area contributed by atoms with Gasteiger partial charge in [-0.05, 0) is 87.2 Å². The Morgan fingerprint density at radius 1 is 0.478 bits per heavy atom. The topological polar surface area (TPSA) is 39.1 Å². The number of pyridine rings is 1. The van der Waals surface area contributed by atoms with Crippen LogP contribution in [0.1, 0.15) is 0 Å². The number of benzene rings is 9. The van der Waals surface area contributed by atoms with Crippen LogP contribution in [0.15, 0.2) is 237 Å². The highest BCUT2D eigenvalue weighted by Gasteiger charge is 2.38. The van der Waals surface area contributed by atoms with Gasteiger partial charge in [-0.1, -0.05) is 177 Å². The summed E-state index contributed by atoms with van der Waals surface area (Å²) in [5.74, 6) is 2.28. The molecular formula is C62H45N5OSi. The summed E-state index contributed by atoms with van der Waals surface area (Å²) < 4.78 is 13.5. The second-order valence-corrected chi connectivity index (χ2v) is 22.5. The molecule has 0 atom stereocenters. The molecule has 0 aliphatic carbocycles. The smallest absolute Gasteiger partial charge is 0.269 e. The fraction of sp³-hybridized carbons (Fsp3) is 0.0323. The van der Waals surface area contributed by atoms with Gasteiger partial charge in [0.1, 0.15) is 25.4 Å². The number of nitrogens with zero attached hydrogens (tertiary/aromatic N) is 5. The molecule has 69 heavy (non-hydrogen) atoms. The van der Waals surface area contributed by atoms with Crippen LogP contribution in [0.25, 0.3) is 72.3 Å². The predicted molar refractivity (Wildman–Crippen MR) is 285 cm³/mol. The Balaban J connectivity index is 0.904. The quantitative estimate of drug-likeness (QED) is 0.0866. The van der Waals surface area contributed by atoms with Gasteiger partial charge in [0.25, 0.3) is 6.33 Å². The van der Waals surface area contributed by atoms with Gasteiger partial charge in [-0.15, -0.1) is 0 Å². The van der Waals surface area contributed by atoms with Crippen LogP contribution in [0.5, 0.6) is 11.5 Å². The molecule has 0 amide bonds. The SMILES string of the molecule is C[Si]1(C)c2ccccc2N(c2ccnc(-n3c4ccccc4c4ccc(Oc5cccc(-n6[c-][n+](-c7c(-c8ccccc8)cccc7-c7ccccc7)c7ccccc76)c5)cc43)c2)c2ccccc21. The molecule has 0 saturated carbocycles.